The summed E-state index contributed by atoms with van der Waals surface area (Å²) >= 11 is 0. The molecule has 1 saturated heterocycles. The van der Waals surface area contributed by atoms with Crippen LogP contribution < -0.4 is 10.6 Å². The summed E-state index contributed by atoms with van der Waals surface area (Å²) in [6.07, 6.45) is -3.94. The molecular weight excluding hydrogens is 502 g/mol. The molecule has 11 heteroatoms. The Kier molecular flexibility index (Phi) is 12.2. The Morgan fingerprint density at radius 3 is 2.45 bits per heavy atom. The minimum absolute atomic E-state index is 0. The summed E-state index contributed by atoms with van der Waals surface area (Å²) in [5, 5.41) is 6.28. The van der Waals surface area contributed by atoms with Crippen LogP contribution >= 0.6 is 24.0 Å². The van der Waals surface area contributed by atoms with Crippen molar-refractivity contribution in [1.82, 2.24) is 20.4 Å². The summed E-state index contributed by atoms with van der Waals surface area (Å²) in [5.41, 5.74) is -0.561. The first kappa shape index (κ1) is 28.0. The van der Waals surface area contributed by atoms with Crippen molar-refractivity contribution in [3.05, 3.63) is 0 Å². The molecule has 0 aromatic heterocycles. The summed E-state index contributed by atoms with van der Waals surface area (Å²) in [6, 6.07) is -0.0896. The van der Waals surface area contributed by atoms with Gasteiger partial charge in [-0.3, -0.25) is 9.89 Å². The Balaban J connectivity index is 0.00000784. The second-order valence-corrected chi connectivity index (χ2v) is 7.80. The quantitative estimate of drug-likeness (QED) is 0.297. The summed E-state index contributed by atoms with van der Waals surface area (Å²) in [7, 11) is 0. The standard InChI is InChI=1S/C18H34F3N5O2.HI/c1-6-22-15(24-14-8-10-25(12-14)13-18(19,20)21)23-9-11-26(7-2)16(27)28-17(3,4)5;/h14H,6-13H2,1-5H3,(H2,22,23,24);1H. The molecule has 0 spiro atoms. The van der Waals surface area contributed by atoms with Crippen LogP contribution in [0.2, 0.25) is 0 Å². The lowest BCUT2D eigenvalue weighted by atomic mass is 10.2. The van der Waals surface area contributed by atoms with Gasteiger partial charge in [-0.1, -0.05) is 0 Å². The van der Waals surface area contributed by atoms with Crippen molar-refractivity contribution < 1.29 is 22.7 Å². The van der Waals surface area contributed by atoms with E-state index in [9.17, 15) is 18.0 Å². The molecule has 0 aliphatic carbocycles. The highest BCUT2D eigenvalue weighted by Crippen LogP contribution is 2.19. The first-order valence-electron chi connectivity index (χ1n) is 9.75. The minimum Gasteiger partial charge on any atom is -0.444 e. The number of halogens is 4. The van der Waals surface area contributed by atoms with Crippen molar-refractivity contribution >= 4 is 36.0 Å². The van der Waals surface area contributed by atoms with E-state index in [1.54, 1.807) is 4.90 Å². The van der Waals surface area contributed by atoms with E-state index in [-0.39, 0.29) is 36.1 Å². The van der Waals surface area contributed by atoms with Crippen molar-refractivity contribution in [3.8, 4) is 0 Å². The number of alkyl halides is 3. The number of carbonyl (C=O) groups excluding carboxylic acids is 1. The SMILES string of the molecule is CCNC(=NCCN(CC)C(=O)OC(C)(C)C)NC1CCN(CC(F)(F)F)C1.I. The van der Waals surface area contributed by atoms with Gasteiger partial charge in [0.2, 0.25) is 0 Å². The molecule has 1 fully saturated rings. The third-order valence-electron chi connectivity index (χ3n) is 4.03. The lowest BCUT2D eigenvalue weighted by Gasteiger charge is -2.26. The molecule has 1 amide bonds. The van der Waals surface area contributed by atoms with Crippen molar-refractivity contribution in [3.63, 3.8) is 0 Å². The molecule has 0 aromatic rings. The minimum atomic E-state index is -4.18. The molecule has 7 nitrogen and oxygen atoms in total. The van der Waals surface area contributed by atoms with Crippen LogP contribution in [-0.4, -0.2) is 85.5 Å². The number of amides is 1. The zero-order chi connectivity index (χ0) is 21.4. The average Bonchev–Trinajstić information content (AvgIpc) is 2.94. The van der Waals surface area contributed by atoms with Gasteiger partial charge >= 0.3 is 12.3 Å². The van der Waals surface area contributed by atoms with Gasteiger partial charge < -0.3 is 20.3 Å². The van der Waals surface area contributed by atoms with E-state index in [0.29, 0.717) is 51.6 Å². The van der Waals surface area contributed by atoms with Gasteiger partial charge in [-0.25, -0.2) is 4.79 Å². The molecular formula is C18H35F3IN5O2. The molecule has 172 valence electrons. The van der Waals surface area contributed by atoms with Gasteiger partial charge in [0.1, 0.15) is 5.60 Å². The van der Waals surface area contributed by atoms with Gasteiger partial charge in [-0.2, -0.15) is 13.2 Å². The van der Waals surface area contributed by atoms with Gasteiger partial charge in [0.05, 0.1) is 13.1 Å². The van der Waals surface area contributed by atoms with E-state index in [2.05, 4.69) is 15.6 Å². The average molecular weight is 537 g/mol. The number of hydrogen-bond donors (Lipinski definition) is 2. The Bertz CT molecular complexity index is 527. The normalized spacial score (nSPS) is 18.2. The number of likely N-dealkylation sites (tertiary alicyclic amines) is 1. The Morgan fingerprint density at radius 2 is 1.93 bits per heavy atom. The molecule has 0 aromatic carbocycles. The molecule has 0 bridgehead atoms. The monoisotopic (exact) mass is 537 g/mol. The predicted molar refractivity (Wildman–Crippen MR) is 119 cm³/mol. The van der Waals surface area contributed by atoms with Crippen LogP contribution in [0.25, 0.3) is 0 Å². The molecule has 1 aliphatic rings. The van der Waals surface area contributed by atoms with E-state index in [1.165, 1.54) is 4.90 Å². The molecule has 1 atom stereocenters. The Hall–Kier alpha value is -0.980. The molecule has 0 saturated carbocycles. The third-order valence-corrected chi connectivity index (χ3v) is 4.03. The number of nitrogens with zero attached hydrogens (tertiary/aromatic N) is 3. The van der Waals surface area contributed by atoms with Crippen molar-refractivity contribution in [2.75, 3.05) is 45.8 Å². The number of rotatable bonds is 7. The van der Waals surface area contributed by atoms with E-state index < -0.39 is 18.3 Å². The second-order valence-electron chi connectivity index (χ2n) is 7.80. The first-order valence-corrected chi connectivity index (χ1v) is 9.75. The molecule has 2 N–H and O–H groups in total. The number of hydrogen-bond acceptors (Lipinski definition) is 4. The summed E-state index contributed by atoms with van der Waals surface area (Å²) in [6.45, 7) is 11.0. The maximum Gasteiger partial charge on any atom is 0.410 e. The molecule has 0 radical (unpaired) electrons. The number of carbonyl (C=O) groups is 1. The van der Waals surface area contributed by atoms with Gasteiger partial charge in [0, 0.05) is 38.8 Å². The largest absolute Gasteiger partial charge is 0.444 e. The number of nitrogens with one attached hydrogen (secondary N) is 2. The smallest absolute Gasteiger partial charge is 0.410 e. The maximum absolute atomic E-state index is 12.5. The third kappa shape index (κ3) is 12.3. The highest BCUT2D eigenvalue weighted by Gasteiger charge is 2.34. The lowest BCUT2D eigenvalue weighted by molar-refractivity contribution is -0.143. The van der Waals surface area contributed by atoms with Crippen LogP contribution in [0.15, 0.2) is 4.99 Å². The van der Waals surface area contributed by atoms with Crippen LogP contribution in [-0.2, 0) is 4.74 Å². The zero-order valence-electron chi connectivity index (χ0n) is 17.9. The lowest BCUT2D eigenvalue weighted by Crippen LogP contribution is -2.45. The predicted octanol–water partition coefficient (Wildman–Crippen LogP) is 3.05. The molecule has 29 heavy (non-hydrogen) atoms. The number of guanidine groups is 1. The molecule has 1 unspecified atom stereocenters. The van der Waals surface area contributed by atoms with Gasteiger partial charge in [-0.05, 0) is 41.0 Å². The van der Waals surface area contributed by atoms with Crippen LogP contribution in [0.5, 0.6) is 0 Å². The van der Waals surface area contributed by atoms with Gasteiger partial charge in [0.15, 0.2) is 5.96 Å². The topological polar surface area (TPSA) is 69.2 Å². The fourth-order valence-corrected chi connectivity index (χ4v) is 2.85. The Morgan fingerprint density at radius 1 is 1.28 bits per heavy atom. The second kappa shape index (κ2) is 12.7. The van der Waals surface area contributed by atoms with E-state index >= 15 is 0 Å². The molecule has 1 aliphatic heterocycles. The highest BCUT2D eigenvalue weighted by atomic mass is 127. The van der Waals surface area contributed by atoms with E-state index in [0.717, 1.165) is 0 Å². The van der Waals surface area contributed by atoms with Crippen LogP contribution in [0, 0.1) is 0 Å². The summed E-state index contributed by atoms with van der Waals surface area (Å²) in [4.78, 5) is 19.6. The van der Waals surface area contributed by atoms with Gasteiger partial charge in [-0.15, -0.1) is 24.0 Å². The van der Waals surface area contributed by atoms with E-state index in [4.69, 9.17) is 4.74 Å². The van der Waals surface area contributed by atoms with E-state index in [1.807, 2.05) is 34.6 Å². The highest BCUT2D eigenvalue weighted by molar-refractivity contribution is 14.0. The number of aliphatic imine (C=N–C) groups is 1. The fraction of sp³-hybridized carbons (Fsp3) is 0.889. The van der Waals surface area contributed by atoms with Crippen LogP contribution in [0.4, 0.5) is 18.0 Å². The fourth-order valence-electron chi connectivity index (χ4n) is 2.85. The van der Waals surface area contributed by atoms with Crippen LogP contribution in [0.3, 0.4) is 0 Å². The summed E-state index contributed by atoms with van der Waals surface area (Å²) in [5.74, 6) is 0.543. The van der Waals surface area contributed by atoms with Crippen LogP contribution in [0.1, 0.15) is 41.0 Å². The van der Waals surface area contributed by atoms with Crippen molar-refractivity contribution in [2.24, 2.45) is 4.99 Å². The van der Waals surface area contributed by atoms with Gasteiger partial charge in [0.25, 0.3) is 0 Å². The molecule has 1 heterocycles. The number of likely N-dealkylation sites (N-methyl/N-ethyl adjacent to an activating group) is 1. The van der Waals surface area contributed by atoms with Crippen molar-refractivity contribution in [2.45, 2.75) is 58.9 Å². The first-order chi connectivity index (χ1) is 12.9. The van der Waals surface area contributed by atoms with Crippen molar-refractivity contribution in [1.29, 1.82) is 0 Å². The maximum atomic E-state index is 12.5. The number of ether oxygens (including phenoxy) is 1. The Labute approximate surface area is 188 Å². The zero-order valence-corrected chi connectivity index (χ0v) is 20.3. The molecule has 1 rings (SSSR count). The summed E-state index contributed by atoms with van der Waals surface area (Å²) < 4.78 is 42.9.